The predicted octanol–water partition coefficient (Wildman–Crippen LogP) is 4.06. The van der Waals surface area contributed by atoms with Crippen molar-refractivity contribution in [2.45, 2.75) is 33.1 Å². The zero-order chi connectivity index (χ0) is 13.3. The zero-order valence-electron chi connectivity index (χ0n) is 10.9. The van der Waals surface area contributed by atoms with E-state index in [1.807, 2.05) is 23.8 Å². The molecule has 2 rings (SSSR count). The van der Waals surface area contributed by atoms with Gasteiger partial charge in [0.1, 0.15) is 0 Å². The number of aromatic nitrogens is 1. The molecule has 2 heterocycles. The molecule has 0 aromatic carbocycles. The highest BCUT2D eigenvalue weighted by Gasteiger charge is 2.18. The summed E-state index contributed by atoms with van der Waals surface area (Å²) in [7, 11) is 0. The number of nitrogens with one attached hydrogen (secondary N) is 1. The van der Waals surface area contributed by atoms with Gasteiger partial charge in [-0.15, -0.1) is 22.7 Å². The predicted molar refractivity (Wildman–Crippen MR) is 77.8 cm³/mol. The van der Waals surface area contributed by atoms with E-state index in [1.54, 1.807) is 11.3 Å². The largest absolute Gasteiger partial charge is 0.298 e. The zero-order valence-corrected chi connectivity index (χ0v) is 12.5. The Bertz CT molecular complexity index is 564. The van der Waals surface area contributed by atoms with Crippen molar-refractivity contribution in [2.75, 3.05) is 5.32 Å². The average molecular weight is 280 g/mol. The van der Waals surface area contributed by atoms with Crippen molar-refractivity contribution < 1.29 is 4.79 Å². The minimum absolute atomic E-state index is 0.0123. The van der Waals surface area contributed by atoms with Crippen molar-refractivity contribution in [3.05, 3.63) is 33.0 Å². The summed E-state index contributed by atoms with van der Waals surface area (Å²) in [6.07, 6.45) is 0. The highest BCUT2D eigenvalue weighted by atomic mass is 32.1. The van der Waals surface area contributed by atoms with E-state index in [0.29, 0.717) is 10.7 Å². The lowest BCUT2D eigenvalue weighted by atomic mass is 9.93. The summed E-state index contributed by atoms with van der Waals surface area (Å²) in [4.78, 5) is 17.5. The molecule has 0 fully saturated rings. The third-order valence-electron chi connectivity index (χ3n) is 2.49. The summed E-state index contributed by atoms with van der Waals surface area (Å²) in [5.74, 6) is -0.0887. The van der Waals surface area contributed by atoms with Crippen LogP contribution in [0.2, 0.25) is 0 Å². The Morgan fingerprint density at radius 3 is 2.50 bits per heavy atom. The second-order valence-corrected chi connectivity index (χ2v) is 7.16. The van der Waals surface area contributed by atoms with Crippen molar-refractivity contribution in [3.8, 4) is 0 Å². The lowest BCUT2D eigenvalue weighted by molar-refractivity contribution is 0.102. The maximum atomic E-state index is 11.9. The number of aryl methyl sites for hydroxylation is 1. The van der Waals surface area contributed by atoms with Crippen molar-refractivity contribution in [3.63, 3.8) is 0 Å². The molecule has 1 N–H and O–H groups in total. The van der Waals surface area contributed by atoms with Crippen LogP contribution < -0.4 is 5.32 Å². The van der Waals surface area contributed by atoms with E-state index < -0.39 is 0 Å². The molecule has 2 aromatic heterocycles. The Hall–Kier alpha value is -1.20. The van der Waals surface area contributed by atoms with Crippen molar-refractivity contribution >= 4 is 33.7 Å². The topological polar surface area (TPSA) is 42.0 Å². The molecule has 18 heavy (non-hydrogen) atoms. The molecule has 96 valence electrons. The maximum Gasteiger partial charge on any atom is 0.258 e. The molecule has 0 aliphatic rings. The normalized spacial score (nSPS) is 11.6. The summed E-state index contributed by atoms with van der Waals surface area (Å²) in [6, 6.07) is 1.89. The van der Waals surface area contributed by atoms with Gasteiger partial charge in [-0.05, 0) is 13.0 Å². The smallest absolute Gasteiger partial charge is 0.258 e. The van der Waals surface area contributed by atoms with Gasteiger partial charge in [-0.3, -0.25) is 10.1 Å². The van der Waals surface area contributed by atoms with Gasteiger partial charge in [-0.2, -0.15) is 0 Å². The number of carbonyl (C=O) groups is 1. The van der Waals surface area contributed by atoms with Gasteiger partial charge in [-0.25, -0.2) is 4.98 Å². The number of amides is 1. The Balaban J connectivity index is 2.10. The minimum Gasteiger partial charge on any atom is -0.298 e. The van der Waals surface area contributed by atoms with Gasteiger partial charge in [0.2, 0.25) is 0 Å². The highest BCUT2D eigenvalue weighted by molar-refractivity contribution is 7.14. The Labute approximate surface area is 115 Å². The number of hydrogen-bond acceptors (Lipinski definition) is 4. The third kappa shape index (κ3) is 2.97. The first-order valence-corrected chi connectivity index (χ1v) is 7.44. The van der Waals surface area contributed by atoms with E-state index in [1.165, 1.54) is 11.3 Å². The number of rotatable bonds is 2. The minimum atomic E-state index is -0.0887. The van der Waals surface area contributed by atoms with Crippen LogP contribution in [0.5, 0.6) is 0 Å². The second-order valence-electron chi connectivity index (χ2n) is 5.19. The van der Waals surface area contributed by atoms with Crippen LogP contribution >= 0.6 is 22.7 Å². The van der Waals surface area contributed by atoms with Crippen LogP contribution in [-0.2, 0) is 5.41 Å². The molecule has 0 aliphatic heterocycles. The molecule has 0 radical (unpaired) electrons. The van der Waals surface area contributed by atoms with Crippen LogP contribution in [-0.4, -0.2) is 10.9 Å². The summed E-state index contributed by atoms with van der Waals surface area (Å²) >= 11 is 3.04. The van der Waals surface area contributed by atoms with Crippen molar-refractivity contribution in [1.29, 1.82) is 0 Å². The number of thiophene rings is 1. The molecule has 0 spiro atoms. The standard InChI is InChI=1S/C13H16N2OS2/c1-8-5-9(6-17-8)11(16)15-12-14-10(7-18-12)13(2,3)4/h5-7H,1-4H3,(H,14,15,16). The van der Waals surface area contributed by atoms with E-state index in [2.05, 4.69) is 31.1 Å². The van der Waals surface area contributed by atoms with Crippen LogP contribution in [0.3, 0.4) is 0 Å². The van der Waals surface area contributed by atoms with Crippen LogP contribution in [0.15, 0.2) is 16.8 Å². The molecule has 0 saturated carbocycles. The molecule has 5 heteroatoms. The van der Waals surface area contributed by atoms with Gasteiger partial charge in [0.05, 0.1) is 11.3 Å². The van der Waals surface area contributed by atoms with E-state index in [9.17, 15) is 4.79 Å². The van der Waals surface area contributed by atoms with E-state index in [-0.39, 0.29) is 11.3 Å². The number of nitrogens with zero attached hydrogens (tertiary/aromatic N) is 1. The highest BCUT2D eigenvalue weighted by Crippen LogP contribution is 2.26. The van der Waals surface area contributed by atoms with Gasteiger partial charge in [-0.1, -0.05) is 20.8 Å². The number of hydrogen-bond donors (Lipinski definition) is 1. The first-order chi connectivity index (χ1) is 8.36. The molecule has 0 aliphatic carbocycles. The van der Waals surface area contributed by atoms with Gasteiger partial charge in [0, 0.05) is 21.1 Å². The Morgan fingerprint density at radius 2 is 2.00 bits per heavy atom. The molecule has 3 nitrogen and oxygen atoms in total. The fourth-order valence-electron chi connectivity index (χ4n) is 1.41. The first kappa shape index (κ1) is 13.2. The first-order valence-electron chi connectivity index (χ1n) is 5.69. The van der Waals surface area contributed by atoms with Crippen LogP contribution in [0, 0.1) is 6.92 Å². The van der Waals surface area contributed by atoms with Crippen LogP contribution in [0.25, 0.3) is 0 Å². The average Bonchev–Trinajstić information content (AvgIpc) is 2.85. The number of thiazole rings is 1. The van der Waals surface area contributed by atoms with Crippen LogP contribution in [0.4, 0.5) is 5.13 Å². The van der Waals surface area contributed by atoms with Crippen LogP contribution in [0.1, 0.15) is 41.7 Å². The van der Waals surface area contributed by atoms with E-state index in [4.69, 9.17) is 0 Å². The SMILES string of the molecule is Cc1cc(C(=O)Nc2nc(C(C)(C)C)cs2)cs1. The summed E-state index contributed by atoms with van der Waals surface area (Å²) in [5, 5.41) is 7.36. The molecular weight excluding hydrogens is 264 g/mol. The molecular formula is C13H16N2OS2. The molecule has 0 unspecified atom stereocenters. The fourth-order valence-corrected chi connectivity index (χ4v) is 3.02. The van der Waals surface area contributed by atoms with Gasteiger partial charge >= 0.3 is 0 Å². The maximum absolute atomic E-state index is 11.9. The van der Waals surface area contributed by atoms with Crippen molar-refractivity contribution in [1.82, 2.24) is 4.98 Å². The monoisotopic (exact) mass is 280 g/mol. The summed E-state index contributed by atoms with van der Waals surface area (Å²) < 4.78 is 0. The van der Waals surface area contributed by atoms with Gasteiger partial charge in [0.25, 0.3) is 5.91 Å². The fraction of sp³-hybridized carbons (Fsp3) is 0.385. The Morgan fingerprint density at radius 1 is 1.28 bits per heavy atom. The quantitative estimate of drug-likeness (QED) is 0.901. The summed E-state index contributed by atoms with van der Waals surface area (Å²) in [6.45, 7) is 8.31. The second kappa shape index (κ2) is 4.82. The number of anilines is 1. The van der Waals surface area contributed by atoms with Gasteiger partial charge < -0.3 is 0 Å². The third-order valence-corrected chi connectivity index (χ3v) is 4.10. The molecule has 1 amide bonds. The molecule has 0 bridgehead atoms. The molecule has 0 atom stereocenters. The van der Waals surface area contributed by atoms with Crippen molar-refractivity contribution in [2.24, 2.45) is 0 Å². The molecule has 0 saturated heterocycles. The van der Waals surface area contributed by atoms with E-state index >= 15 is 0 Å². The van der Waals surface area contributed by atoms with Gasteiger partial charge in [0.15, 0.2) is 5.13 Å². The summed E-state index contributed by atoms with van der Waals surface area (Å²) in [5.41, 5.74) is 1.72. The lowest BCUT2D eigenvalue weighted by Gasteiger charge is -2.14. The number of carbonyl (C=O) groups excluding carboxylic acids is 1. The van der Waals surface area contributed by atoms with E-state index in [0.717, 1.165) is 10.6 Å². The molecule has 2 aromatic rings. The lowest BCUT2D eigenvalue weighted by Crippen LogP contribution is -2.13. The Kier molecular flexibility index (Phi) is 3.54.